The molecule has 1 unspecified atom stereocenters. The van der Waals surface area contributed by atoms with Crippen molar-refractivity contribution in [2.75, 3.05) is 13.6 Å². The largest absolute Gasteiger partial charge is 0.346 e. The summed E-state index contributed by atoms with van der Waals surface area (Å²) in [6, 6.07) is 7.73. The van der Waals surface area contributed by atoms with Gasteiger partial charge < -0.3 is 9.80 Å². The summed E-state index contributed by atoms with van der Waals surface area (Å²) in [6.45, 7) is 4.41. The van der Waals surface area contributed by atoms with Gasteiger partial charge in [0.1, 0.15) is 0 Å². The van der Waals surface area contributed by atoms with Gasteiger partial charge >= 0.3 is 0 Å². The van der Waals surface area contributed by atoms with E-state index in [-0.39, 0.29) is 17.9 Å². The first-order valence-corrected chi connectivity index (χ1v) is 7.84. The predicted molar refractivity (Wildman–Crippen MR) is 87.9 cm³/mol. The highest BCUT2D eigenvalue weighted by molar-refractivity contribution is 5.81. The lowest BCUT2D eigenvalue weighted by Gasteiger charge is -2.33. The standard InChI is InChI=1S/C18H24N2O2/c1-4-5-11-19(3)18(22)13-17-16-9-7-6-8-15(16)10-12-20(17)14(2)21/h6-10,12,17H,4-5,11,13H2,1-3H3. The van der Waals surface area contributed by atoms with E-state index in [1.54, 1.807) is 16.0 Å². The first-order valence-electron chi connectivity index (χ1n) is 7.84. The van der Waals surface area contributed by atoms with Gasteiger partial charge in [0.15, 0.2) is 0 Å². The summed E-state index contributed by atoms with van der Waals surface area (Å²) in [6.07, 6.45) is 6.10. The van der Waals surface area contributed by atoms with Crippen LogP contribution in [0.1, 0.15) is 50.3 Å². The summed E-state index contributed by atoms with van der Waals surface area (Å²) >= 11 is 0. The van der Waals surface area contributed by atoms with E-state index < -0.39 is 0 Å². The van der Waals surface area contributed by atoms with E-state index in [4.69, 9.17) is 0 Å². The maximum Gasteiger partial charge on any atom is 0.224 e. The number of fused-ring (bicyclic) bond motifs is 1. The van der Waals surface area contributed by atoms with Crippen LogP contribution in [0.3, 0.4) is 0 Å². The van der Waals surface area contributed by atoms with E-state index in [0.717, 1.165) is 30.5 Å². The van der Waals surface area contributed by atoms with Crippen molar-refractivity contribution in [2.45, 2.75) is 39.2 Å². The van der Waals surface area contributed by atoms with Gasteiger partial charge in [-0.2, -0.15) is 0 Å². The molecular formula is C18H24N2O2. The molecule has 0 saturated carbocycles. The van der Waals surface area contributed by atoms with Gasteiger partial charge in [0.2, 0.25) is 11.8 Å². The molecule has 0 spiro atoms. The van der Waals surface area contributed by atoms with Gasteiger partial charge in [-0.3, -0.25) is 9.59 Å². The quantitative estimate of drug-likeness (QED) is 0.838. The van der Waals surface area contributed by atoms with E-state index in [2.05, 4.69) is 6.92 Å². The zero-order valence-electron chi connectivity index (χ0n) is 13.6. The Hall–Kier alpha value is -2.10. The number of hydrogen-bond acceptors (Lipinski definition) is 2. The van der Waals surface area contributed by atoms with Crippen LogP contribution in [0, 0.1) is 0 Å². The molecule has 22 heavy (non-hydrogen) atoms. The summed E-state index contributed by atoms with van der Waals surface area (Å²) in [5.41, 5.74) is 2.12. The first kappa shape index (κ1) is 16.3. The third-order valence-corrected chi connectivity index (χ3v) is 4.11. The highest BCUT2D eigenvalue weighted by atomic mass is 16.2. The van der Waals surface area contributed by atoms with Crippen molar-refractivity contribution in [3.05, 3.63) is 41.6 Å². The summed E-state index contributed by atoms with van der Waals surface area (Å²) < 4.78 is 0. The van der Waals surface area contributed by atoms with Gasteiger partial charge in [-0.1, -0.05) is 37.6 Å². The fourth-order valence-corrected chi connectivity index (χ4v) is 2.75. The molecule has 0 bridgehead atoms. The number of carbonyl (C=O) groups excluding carboxylic acids is 2. The molecule has 0 saturated heterocycles. The van der Waals surface area contributed by atoms with Gasteiger partial charge in [0.05, 0.1) is 12.5 Å². The van der Waals surface area contributed by atoms with Gasteiger partial charge in [-0.15, -0.1) is 0 Å². The van der Waals surface area contributed by atoms with Crippen molar-refractivity contribution >= 4 is 17.9 Å². The van der Waals surface area contributed by atoms with Crippen LogP contribution in [0.25, 0.3) is 6.08 Å². The highest BCUT2D eigenvalue weighted by Gasteiger charge is 2.28. The molecule has 1 aromatic rings. The monoisotopic (exact) mass is 300 g/mol. The number of carbonyl (C=O) groups is 2. The normalized spacial score (nSPS) is 16.3. The first-order chi connectivity index (χ1) is 10.5. The van der Waals surface area contributed by atoms with Gasteiger partial charge in [0, 0.05) is 26.7 Å². The van der Waals surface area contributed by atoms with E-state index in [1.165, 1.54) is 6.92 Å². The number of amides is 2. The zero-order valence-corrected chi connectivity index (χ0v) is 13.6. The second-order valence-corrected chi connectivity index (χ2v) is 5.76. The Morgan fingerprint density at radius 2 is 2.00 bits per heavy atom. The number of rotatable bonds is 5. The van der Waals surface area contributed by atoms with E-state index in [1.807, 2.05) is 37.4 Å². The molecule has 0 aromatic heterocycles. The number of benzene rings is 1. The molecule has 0 fully saturated rings. The number of hydrogen-bond donors (Lipinski definition) is 0. The highest BCUT2D eigenvalue weighted by Crippen LogP contribution is 2.33. The van der Waals surface area contributed by atoms with E-state index in [0.29, 0.717) is 6.42 Å². The minimum absolute atomic E-state index is 0.0419. The van der Waals surface area contributed by atoms with Crippen LogP contribution >= 0.6 is 0 Å². The summed E-state index contributed by atoms with van der Waals surface area (Å²) in [5, 5.41) is 0. The van der Waals surface area contributed by atoms with E-state index >= 15 is 0 Å². The molecular weight excluding hydrogens is 276 g/mol. The van der Waals surface area contributed by atoms with Crippen LogP contribution in [-0.4, -0.2) is 35.2 Å². The maximum atomic E-state index is 12.5. The minimum atomic E-state index is -0.213. The smallest absolute Gasteiger partial charge is 0.224 e. The molecule has 2 amide bonds. The van der Waals surface area contributed by atoms with Crippen LogP contribution in [0.2, 0.25) is 0 Å². The zero-order chi connectivity index (χ0) is 16.1. The van der Waals surface area contributed by atoms with Crippen molar-refractivity contribution in [2.24, 2.45) is 0 Å². The van der Waals surface area contributed by atoms with Crippen molar-refractivity contribution in [3.8, 4) is 0 Å². The second kappa shape index (κ2) is 7.25. The second-order valence-electron chi connectivity index (χ2n) is 5.76. The molecule has 118 valence electrons. The molecule has 0 radical (unpaired) electrons. The molecule has 1 heterocycles. The average Bonchev–Trinajstić information content (AvgIpc) is 2.52. The molecule has 1 atom stereocenters. The van der Waals surface area contributed by atoms with Gasteiger partial charge in [-0.05, 0) is 23.6 Å². The van der Waals surface area contributed by atoms with Crippen LogP contribution in [0.15, 0.2) is 30.5 Å². The lowest BCUT2D eigenvalue weighted by atomic mass is 9.93. The molecule has 0 aliphatic carbocycles. The molecule has 1 aromatic carbocycles. The van der Waals surface area contributed by atoms with Crippen molar-refractivity contribution in [1.82, 2.24) is 9.80 Å². The Morgan fingerprint density at radius 3 is 2.68 bits per heavy atom. The Bertz CT molecular complexity index is 580. The molecule has 4 nitrogen and oxygen atoms in total. The molecule has 1 aliphatic heterocycles. The Kier molecular flexibility index (Phi) is 5.36. The van der Waals surface area contributed by atoms with Gasteiger partial charge in [-0.25, -0.2) is 0 Å². The minimum Gasteiger partial charge on any atom is -0.346 e. The third kappa shape index (κ3) is 3.56. The molecule has 1 aliphatic rings. The van der Waals surface area contributed by atoms with Crippen molar-refractivity contribution < 1.29 is 9.59 Å². The van der Waals surface area contributed by atoms with E-state index in [9.17, 15) is 9.59 Å². The van der Waals surface area contributed by atoms with Crippen molar-refractivity contribution in [1.29, 1.82) is 0 Å². The fourth-order valence-electron chi connectivity index (χ4n) is 2.75. The van der Waals surface area contributed by atoms with Crippen LogP contribution in [0.4, 0.5) is 0 Å². The summed E-state index contributed by atoms with van der Waals surface area (Å²) in [4.78, 5) is 27.8. The van der Waals surface area contributed by atoms with Crippen LogP contribution < -0.4 is 0 Å². The predicted octanol–water partition coefficient (Wildman–Crippen LogP) is 3.21. The Labute approximate surface area is 132 Å². The third-order valence-electron chi connectivity index (χ3n) is 4.11. The Morgan fingerprint density at radius 1 is 1.27 bits per heavy atom. The average molecular weight is 300 g/mol. The maximum absolute atomic E-state index is 12.5. The molecule has 0 N–H and O–H groups in total. The Balaban J connectivity index is 2.20. The SMILES string of the molecule is CCCCN(C)C(=O)CC1c2ccccc2C=CN1C(C)=O. The van der Waals surface area contributed by atoms with Gasteiger partial charge in [0.25, 0.3) is 0 Å². The molecule has 4 heteroatoms. The van der Waals surface area contributed by atoms with Crippen molar-refractivity contribution in [3.63, 3.8) is 0 Å². The summed E-state index contributed by atoms with van der Waals surface area (Å²) in [7, 11) is 1.83. The number of unbranched alkanes of at least 4 members (excludes halogenated alkanes) is 1. The fraction of sp³-hybridized carbons (Fsp3) is 0.444. The topological polar surface area (TPSA) is 40.6 Å². The summed E-state index contributed by atoms with van der Waals surface area (Å²) in [5.74, 6) is 0.0366. The van der Waals surface area contributed by atoms with Crippen LogP contribution in [-0.2, 0) is 9.59 Å². The lowest BCUT2D eigenvalue weighted by molar-refractivity contribution is -0.133. The van der Waals surface area contributed by atoms with Crippen LogP contribution in [0.5, 0.6) is 0 Å². The molecule has 2 rings (SSSR count). The number of nitrogens with zero attached hydrogens (tertiary/aromatic N) is 2. The lowest BCUT2D eigenvalue weighted by Crippen LogP contribution is -2.36.